The van der Waals surface area contributed by atoms with Crippen LogP contribution < -0.4 is 16.0 Å². The van der Waals surface area contributed by atoms with Crippen molar-refractivity contribution in [3.63, 3.8) is 0 Å². The van der Waals surface area contributed by atoms with Gasteiger partial charge in [-0.3, -0.25) is 15.1 Å². The number of hydrogen-bond donors (Lipinski definition) is 2. The molecule has 1 heterocycles. The number of carbonyl (C=O) groups is 1. The zero-order valence-corrected chi connectivity index (χ0v) is 12.5. The number of nitrogens with two attached hydrogens (primary N) is 1. The Kier molecular flexibility index (Phi) is 5.55. The third-order valence-corrected chi connectivity index (χ3v) is 3.40. The third kappa shape index (κ3) is 4.70. The number of ether oxygens (including phenoxy) is 2. The van der Waals surface area contributed by atoms with Crippen molar-refractivity contribution in [2.24, 2.45) is 5.84 Å². The lowest BCUT2D eigenvalue weighted by atomic mass is 10.2. The molecule has 1 aliphatic heterocycles. The first kappa shape index (κ1) is 15.8. The van der Waals surface area contributed by atoms with Gasteiger partial charge >= 0.3 is 0 Å². The summed E-state index contributed by atoms with van der Waals surface area (Å²) >= 11 is 0. The summed E-state index contributed by atoms with van der Waals surface area (Å²) in [5, 5.41) is 0. The largest absolute Gasteiger partial charge is 0.492 e. The van der Waals surface area contributed by atoms with Gasteiger partial charge in [-0.1, -0.05) is 6.07 Å². The van der Waals surface area contributed by atoms with E-state index in [9.17, 15) is 4.79 Å². The molecule has 2 atom stereocenters. The minimum Gasteiger partial charge on any atom is -0.492 e. The molecule has 116 valence electrons. The molecule has 2 rings (SSSR count). The lowest BCUT2D eigenvalue weighted by Crippen LogP contribution is -2.46. The van der Waals surface area contributed by atoms with Crippen LogP contribution in [-0.4, -0.2) is 49.3 Å². The van der Waals surface area contributed by atoms with Gasteiger partial charge in [0.2, 0.25) is 0 Å². The first-order chi connectivity index (χ1) is 10.1. The van der Waals surface area contributed by atoms with Gasteiger partial charge in [-0.15, -0.1) is 0 Å². The maximum absolute atomic E-state index is 11.4. The number of amides is 1. The average Bonchev–Trinajstić information content (AvgIpc) is 2.46. The molecule has 1 aromatic rings. The van der Waals surface area contributed by atoms with Gasteiger partial charge in [0.1, 0.15) is 12.4 Å². The number of hydrogen-bond acceptors (Lipinski definition) is 5. The van der Waals surface area contributed by atoms with E-state index in [1.54, 1.807) is 18.2 Å². The molecule has 1 fully saturated rings. The van der Waals surface area contributed by atoms with Crippen LogP contribution >= 0.6 is 0 Å². The van der Waals surface area contributed by atoms with Crippen molar-refractivity contribution in [2.75, 3.05) is 26.2 Å². The first-order valence-corrected chi connectivity index (χ1v) is 7.20. The van der Waals surface area contributed by atoms with Crippen molar-refractivity contribution in [3.05, 3.63) is 29.8 Å². The van der Waals surface area contributed by atoms with E-state index in [1.165, 1.54) is 0 Å². The Morgan fingerprint density at radius 3 is 2.81 bits per heavy atom. The summed E-state index contributed by atoms with van der Waals surface area (Å²) in [6.45, 7) is 7.42. The highest BCUT2D eigenvalue weighted by molar-refractivity contribution is 5.94. The summed E-state index contributed by atoms with van der Waals surface area (Å²) in [4.78, 5) is 13.8. The van der Waals surface area contributed by atoms with Gasteiger partial charge in [0, 0.05) is 25.2 Å². The number of carbonyl (C=O) groups excluding carboxylic acids is 1. The summed E-state index contributed by atoms with van der Waals surface area (Å²) in [6, 6.07) is 6.99. The average molecular weight is 293 g/mol. The Morgan fingerprint density at radius 1 is 1.43 bits per heavy atom. The van der Waals surface area contributed by atoms with Crippen LogP contribution in [0.4, 0.5) is 0 Å². The number of benzene rings is 1. The maximum Gasteiger partial charge on any atom is 0.265 e. The van der Waals surface area contributed by atoms with Crippen molar-refractivity contribution in [1.29, 1.82) is 0 Å². The lowest BCUT2D eigenvalue weighted by Gasteiger charge is -2.35. The van der Waals surface area contributed by atoms with Gasteiger partial charge in [-0.2, -0.15) is 0 Å². The van der Waals surface area contributed by atoms with Crippen molar-refractivity contribution >= 4 is 5.91 Å². The van der Waals surface area contributed by atoms with Crippen LogP contribution in [0, 0.1) is 0 Å². The molecule has 1 saturated heterocycles. The second-order valence-electron chi connectivity index (χ2n) is 5.37. The number of nitrogens with one attached hydrogen (secondary N) is 1. The Labute approximate surface area is 125 Å². The molecule has 1 aliphatic rings. The van der Waals surface area contributed by atoms with Crippen LogP contribution in [0.1, 0.15) is 24.2 Å². The third-order valence-electron chi connectivity index (χ3n) is 3.40. The standard InChI is InChI=1S/C15H23N3O3/c1-11-9-18(10-12(2)21-11)6-7-20-14-5-3-4-13(8-14)15(19)17-16/h3-5,8,11-12H,6-7,9-10,16H2,1-2H3,(H,17,19). The maximum atomic E-state index is 11.4. The molecule has 0 aliphatic carbocycles. The molecule has 1 aromatic carbocycles. The van der Waals surface area contributed by atoms with E-state index < -0.39 is 0 Å². The van der Waals surface area contributed by atoms with Gasteiger partial charge in [0.05, 0.1) is 12.2 Å². The summed E-state index contributed by atoms with van der Waals surface area (Å²) in [6.07, 6.45) is 0.510. The van der Waals surface area contributed by atoms with E-state index in [0.717, 1.165) is 19.6 Å². The number of morpholine rings is 1. The van der Waals surface area contributed by atoms with Crippen molar-refractivity contribution < 1.29 is 14.3 Å². The molecule has 0 radical (unpaired) electrons. The summed E-state index contributed by atoms with van der Waals surface area (Å²) < 4.78 is 11.4. The van der Waals surface area contributed by atoms with Gasteiger partial charge in [-0.25, -0.2) is 5.84 Å². The van der Waals surface area contributed by atoms with Crippen LogP contribution in [0.25, 0.3) is 0 Å². The normalized spacial score (nSPS) is 22.8. The Hall–Kier alpha value is -1.63. The van der Waals surface area contributed by atoms with Gasteiger partial charge in [0.25, 0.3) is 5.91 Å². The predicted octanol–water partition coefficient (Wildman–Crippen LogP) is 0.778. The predicted molar refractivity (Wildman–Crippen MR) is 80.0 cm³/mol. The van der Waals surface area contributed by atoms with Crippen LogP contribution in [0.5, 0.6) is 5.75 Å². The van der Waals surface area contributed by atoms with Crippen molar-refractivity contribution in [2.45, 2.75) is 26.1 Å². The number of rotatable bonds is 5. The molecule has 0 saturated carbocycles. The zero-order valence-electron chi connectivity index (χ0n) is 12.5. The molecular weight excluding hydrogens is 270 g/mol. The molecule has 0 aromatic heterocycles. The molecule has 21 heavy (non-hydrogen) atoms. The first-order valence-electron chi connectivity index (χ1n) is 7.20. The second kappa shape index (κ2) is 7.40. The van der Waals surface area contributed by atoms with E-state index >= 15 is 0 Å². The Morgan fingerprint density at radius 2 is 2.14 bits per heavy atom. The van der Waals surface area contributed by atoms with E-state index in [-0.39, 0.29) is 18.1 Å². The number of nitrogen functional groups attached to an aromatic ring is 1. The van der Waals surface area contributed by atoms with E-state index in [0.29, 0.717) is 17.9 Å². The van der Waals surface area contributed by atoms with E-state index in [1.807, 2.05) is 6.07 Å². The highest BCUT2D eigenvalue weighted by atomic mass is 16.5. The molecule has 0 bridgehead atoms. The van der Waals surface area contributed by atoms with Crippen LogP contribution in [0.2, 0.25) is 0 Å². The lowest BCUT2D eigenvalue weighted by molar-refractivity contribution is -0.0699. The molecule has 2 unspecified atom stereocenters. The molecule has 1 amide bonds. The molecule has 6 heteroatoms. The van der Waals surface area contributed by atoms with Crippen LogP contribution in [-0.2, 0) is 4.74 Å². The Balaban J connectivity index is 1.82. The SMILES string of the molecule is CC1CN(CCOc2cccc(C(=O)NN)c2)CC(C)O1. The number of nitrogens with zero attached hydrogens (tertiary/aromatic N) is 1. The smallest absolute Gasteiger partial charge is 0.265 e. The molecule has 0 spiro atoms. The molecular formula is C15H23N3O3. The summed E-state index contributed by atoms with van der Waals surface area (Å²) in [7, 11) is 0. The molecule has 3 N–H and O–H groups in total. The minimum absolute atomic E-state index is 0.255. The van der Waals surface area contributed by atoms with Gasteiger partial charge in [0.15, 0.2) is 0 Å². The van der Waals surface area contributed by atoms with Crippen molar-refractivity contribution in [3.8, 4) is 5.75 Å². The van der Waals surface area contributed by atoms with Gasteiger partial charge in [-0.05, 0) is 32.0 Å². The van der Waals surface area contributed by atoms with Gasteiger partial charge < -0.3 is 9.47 Å². The fourth-order valence-corrected chi connectivity index (χ4v) is 2.57. The highest BCUT2D eigenvalue weighted by Crippen LogP contribution is 2.14. The Bertz CT molecular complexity index is 471. The van der Waals surface area contributed by atoms with E-state index in [2.05, 4.69) is 24.2 Å². The summed E-state index contributed by atoms with van der Waals surface area (Å²) in [5.74, 6) is 5.47. The molecule has 6 nitrogen and oxygen atoms in total. The quantitative estimate of drug-likeness (QED) is 0.476. The zero-order chi connectivity index (χ0) is 15.2. The number of hydrazine groups is 1. The fraction of sp³-hybridized carbons (Fsp3) is 0.533. The topological polar surface area (TPSA) is 76.8 Å². The van der Waals surface area contributed by atoms with Crippen LogP contribution in [0.3, 0.4) is 0 Å². The monoisotopic (exact) mass is 293 g/mol. The highest BCUT2D eigenvalue weighted by Gasteiger charge is 2.21. The minimum atomic E-state index is -0.323. The van der Waals surface area contributed by atoms with Crippen LogP contribution in [0.15, 0.2) is 24.3 Å². The summed E-state index contributed by atoms with van der Waals surface area (Å²) in [5.41, 5.74) is 2.60. The fourth-order valence-electron chi connectivity index (χ4n) is 2.57. The second-order valence-corrected chi connectivity index (χ2v) is 5.37. The van der Waals surface area contributed by atoms with Crippen molar-refractivity contribution in [1.82, 2.24) is 10.3 Å². The van der Waals surface area contributed by atoms with E-state index in [4.69, 9.17) is 15.3 Å².